The smallest absolute Gasteiger partial charge is 0.220 e. The van der Waals surface area contributed by atoms with E-state index in [1.807, 2.05) is 6.08 Å². The SMILES string of the molecule is CCCCCCCC/C=C\CCCCCCCCCCCC(=O)NC(COC1OC(CO)C(OC2OC(CO)C(OC3OC(CO)C(O)C(O)C3O)C(O)C2O)C(O)C1O)C(O)/C=C/CCCCCCCCCCCCCCCCCC. The number of unbranched alkanes of at least 4 members (excludes halogenated alkanes) is 31. The molecule has 1 amide bonds. The topological polar surface area (TPSA) is 307 Å². The van der Waals surface area contributed by atoms with Crippen molar-refractivity contribution in [3.8, 4) is 0 Å². The number of carbonyl (C=O) groups excluding carboxylic acids is 1. The summed E-state index contributed by atoms with van der Waals surface area (Å²) in [4.78, 5) is 13.4. The first-order valence-corrected chi connectivity index (χ1v) is 32.6. The van der Waals surface area contributed by atoms with Crippen LogP contribution >= 0.6 is 0 Å². The van der Waals surface area contributed by atoms with Crippen LogP contribution in [-0.4, -0.2) is 193 Å². The zero-order valence-electron chi connectivity index (χ0n) is 50.5. The molecule has 17 atom stereocenters. The maximum absolute atomic E-state index is 13.4. The van der Waals surface area contributed by atoms with E-state index in [-0.39, 0.29) is 18.9 Å². The normalized spacial score (nSPS) is 29.7. The Hall–Kier alpha value is -1.73. The van der Waals surface area contributed by atoms with Crippen molar-refractivity contribution < 1.29 is 89.4 Å². The summed E-state index contributed by atoms with van der Waals surface area (Å²) in [6, 6.07) is -0.972. The van der Waals surface area contributed by atoms with Crippen molar-refractivity contribution in [3.63, 3.8) is 0 Å². The first-order chi connectivity index (χ1) is 39.8. The lowest BCUT2D eigenvalue weighted by Gasteiger charge is -2.48. The molecule has 0 saturated carbocycles. The van der Waals surface area contributed by atoms with Gasteiger partial charge in [-0.3, -0.25) is 4.79 Å². The van der Waals surface area contributed by atoms with Crippen molar-refractivity contribution in [1.82, 2.24) is 5.32 Å². The Kier molecular flexibility index (Phi) is 42.2. The van der Waals surface area contributed by atoms with Crippen molar-refractivity contribution in [2.24, 2.45) is 0 Å². The molecule has 19 heteroatoms. The summed E-state index contributed by atoms with van der Waals surface area (Å²) in [5.74, 6) is -0.276. The second-order valence-electron chi connectivity index (χ2n) is 23.6. The molecule has 0 radical (unpaired) electrons. The molecule has 3 aliphatic heterocycles. The van der Waals surface area contributed by atoms with Crippen LogP contribution in [0.1, 0.15) is 239 Å². The average molecular weight is 1180 g/mol. The van der Waals surface area contributed by atoms with E-state index in [9.17, 15) is 61.0 Å². The van der Waals surface area contributed by atoms with Crippen LogP contribution in [0.15, 0.2) is 24.3 Å². The fourth-order valence-electron chi connectivity index (χ4n) is 11.1. The van der Waals surface area contributed by atoms with Crippen LogP contribution in [-0.2, 0) is 33.2 Å². The van der Waals surface area contributed by atoms with Crippen molar-refractivity contribution >= 4 is 5.91 Å². The molecule has 19 nitrogen and oxygen atoms in total. The summed E-state index contributed by atoms with van der Waals surface area (Å²) >= 11 is 0. The van der Waals surface area contributed by atoms with E-state index in [0.29, 0.717) is 6.42 Å². The molecule has 17 unspecified atom stereocenters. The lowest BCUT2D eigenvalue weighted by molar-refractivity contribution is -0.379. The minimum Gasteiger partial charge on any atom is -0.394 e. The predicted molar refractivity (Wildman–Crippen MR) is 314 cm³/mol. The van der Waals surface area contributed by atoms with Crippen LogP contribution in [0.3, 0.4) is 0 Å². The fraction of sp³-hybridized carbons (Fsp3) is 0.921. The largest absolute Gasteiger partial charge is 0.394 e. The predicted octanol–water partition coefficient (Wildman–Crippen LogP) is 7.10. The minimum atomic E-state index is -1.98. The van der Waals surface area contributed by atoms with Crippen LogP contribution in [0.5, 0.6) is 0 Å². The number of allylic oxidation sites excluding steroid dienone is 3. The number of hydrogen-bond donors (Lipinski definition) is 12. The van der Waals surface area contributed by atoms with Crippen LogP contribution < -0.4 is 5.32 Å². The van der Waals surface area contributed by atoms with Crippen molar-refractivity contribution in [3.05, 3.63) is 24.3 Å². The molecule has 12 N–H and O–H groups in total. The van der Waals surface area contributed by atoms with Crippen LogP contribution in [0.25, 0.3) is 0 Å². The number of rotatable bonds is 49. The Morgan fingerprint density at radius 3 is 1.18 bits per heavy atom. The van der Waals surface area contributed by atoms with Gasteiger partial charge in [0.25, 0.3) is 0 Å². The second-order valence-corrected chi connectivity index (χ2v) is 23.6. The maximum atomic E-state index is 13.4. The summed E-state index contributed by atoms with van der Waals surface area (Å²) in [7, 11) is 0. The van der Waals surface area contributed by atoms with Crippen molar-refractivity contribution in [2.75, 3.05) is 26.4 Å². The van der Waals surface area contributed by atoms with Gasteiger partial charge >= 0.3 is 0 Å². The van der Waals surface area contributed by atoms with Gasteiger partial charge < -0.3 is 89.9 Å². The van der Waals surface area contributed by atoms with Gasteiger partial charge in [-0.05, 0) is 44.9 Å². The van der Waals surface area contributed by atoms with Gasteiger partial charge in [-0.1, -0.05) is 212 Å². The number of nitrogens with one attached hydrogen (secondary N) is 1. The molecular weight excluding hydrogens is 1060 g/mol. The Morgan fingerprint density at radius 1 is 0.427 bits per heavy atom. The van der Waals surface area contributed by atoms with E-state index in [4.69, 9.17) is 28.4 Å². The summed E-state index contributed by atoms with van der Waals surface area (Å²) in [5, 5.41) is 120. The van der Waals surface area contributed by atoms with E-state index in [1.165, 1.54) is 161 Å². The zero-order chi connectivity index (χ0) is 59.7. The van der Waals surface area contributed by atoms with Gasteiger partial charge in [-0.15, -0.1) is 0 Å². The molecule has 0 bridgehead atoms. The molecule has 3 heterocycles. The Balaban J connectivity index is 1.48. The van der Waals surface area contributed by atoms with Crippen molar-refractivity contribution in [1.29, 1.82) is 0 Å². The number of aliphatic hydroxyl groups is 11. The summed E-state index contributed by atoms with van der Waals surface area (Å²) in [5.41, 5.74) is 0. The highest BCUT2D eigenvalue weighted by Crippen LogP contribution is 2.33. The van der Waals surface area contributed by atoms with Gasteiger partial charge in [-0.25, -0.2) is 0 Å². The molecule has 0 spiro atoms. The highest BCUT2D eigenvalue weighted by Gasteiger charge is 2.53. The van der Waals surface area contributed by atoms with Gasteiger partial charge in [0, 0.05) is 6.42 Å². The molecule has 482 valence electrons. The Labute approximate surface area is 492 Å². The second kappa shape index (κ2) is 46.4. The van der Waals surface area contributed by atoms with E-state index in [1.54, 1.807) is 6.08 Å². The molecule has 0 aromatic carbocycles. The summed E-state index contributed by atoms with van der Waals surface area (Å²) in [6.07, 6.45) is 22.9. The monoisotopic (exact) mass is 1180 g/mol. The van der Waals surface area contributed by atoms with Gasteiger partial charge in [0.15, 0.2) is 18.9 Å². The zero-order valence-corrected chi connectivity index (χ0v) is 50.5. The number of ether oxygens (including phenoxy) is 6. The standard InChI is InChI=1S/C63H117NO18/c1-3-5-7-9-11-13-15-17-19-21-23-25-27-29-31-33-35-37-39-41-51(69)64-46(47(68)40-38-36-34-32-30-28-26-24-22-20-18-16-14-12-10-8-6-4-2)45-77-61-57(75)54(72)59(49(43-66)79-61)82-63-58(76)55(73)60(50(44-67)80-63)81-62-56(74)53(71)52(70)48(42-65)78-62/h17,19,38,40,46-50,52-63,65-68,70-76H,3-16,18,20-37,39,41-45H2,1-2H3,(H,64,69)/b19-17-,40-38+. The molecule has 0 aromatic rings. The number of amides is 1. The molecule has 3 saturated heterocycles. The van der Waals surface area contributed by atoms with E-state index >= 15 is 0 Å². The first-order valence-electron chi connectivity index (χ1n) is 32.6. The third-order valence-electron chi connectivity index (χ3n) is 16.5. The lowest BCUT2D eigenvalue weighted by atomic mass is 9.96. The van der Waals surface area contributed by atoms with Crippen LogP contribution in [0, 0.1) is 0 Å². The maximum Gasteiger partial charge on any atom is 0.220 e. The highest BCUT2D eigenvalue weighted by molar-refractivity contribution is 5.76. The molecule has 82 heavy (non-hydrogen) atoms. The van der Waals surface area contributed by atoms with Gasteiger partial charge in [0.1, 0.15) is 73.2 Å². The molecule has 3 rings (SSSR count). The van der Waals surface area contributed by atoms with Gasteiger partial charge in [0.05, 0.1) is 38.6 Å². The summed E-state index contributed by atoms with van der Waals surface area (Å²) in [6.45, 7) is 1.74. The molecule has 0 aromatic heterocycles. The van der Waals surface area contributed by atoms with E-state index in [0.717, 1.165) is 51.4 Å². The van der Waals surface area contributed by atoms with Gasteiger partial charge in [-0.2, -0.15) is 0 Å². The van der Waals surface area contributed by atoms with Crippen LogP contribution in [0.4, 0.5) is 0 Å². The number of aliphatic hydroxyl groups excluding tert-OH is 11. The van der Waals surface area contributed by atoms with E-state index in [2.05, 4.69) is 31.3 Å². The number of hydrogen-bond acceptors (Lipinski definition) is 18. The Morgan fingerprint density at radius 2 is 0.768 bits per heavy atom. The summed E-state index contributed by atoms with van der Waals surface area (Å²) < 4.78 is 34.3. The lowest BCUT2D eigenvalue weighted by Crippen LogP contribution is -2.66. The molecule has 3 fully saturated rings. The van der Waals surface area contributed by atoms with Gasteiger partial charge in [0.2, 0.25) is 5.91 Å². The Bertz CT molecular complexity index is 1590. The third kappa shape index (κ3) is 29.3. The minimum absolute atomic E-state index is 0.243. The van der Waals surface area contributed by atoms with Crippen molar-refractivity contribution in [2.45, 2.75) is 343 Å². The fourth-order valence-corrected chi connectivity index (χ4v) is 11.1. The first kappa shape index (κ1) is 74.5. The highest BCUT2D eigenvalue weighted by atomic mass is 16.8. The molecule has 0 aliphatic carbocycles. The quantitative estimate of drug-likeness (QED) is 0.0213. The third-order valence-corrected chi connectivity index (χ3v) is 16.5. The number of carbonyl (C=O) groups is 1. The average Bonchev–Trinajstić information content (AvgIpc) is 3.39. The van der Waals surface area contributed by atoms with E-state index < -0.39 is 124 Å². The molecule has 3 aliphatic rings. The molecular formula is C63H117NO18. The van der Waals surface area contributed by atoms with Crippen LogP contribution in [0.2, 0.25) is 0 Å².